The number of rotatable bonds is 7. The minimum absolute atomic E-state index is 0.609. The molecule has 0 amide bonds. The normalized spacial score (nSPS) is 18.9. The summed E-state index contributed by atoms with van der Waals surface area (Å²) in [7, 11) is 1.75. The minimum atomic E-state index is 0.609. The molecule has 5 heteroatoms. The van der Waals surface area contributed by atoms with Crippen LogP contribution >= 0.6 is 27.5 Å². The zero-order valence-corrected chi connectivity index (χ0v) is 14.2. The van der Waals surface area contributed by atoms with E-state index < -0.39 is 0 Å². The molecule has 1 aromatic carbocycles. The molecule has 2 rings (SSSR count). The Hall–Kier alpha value is -0.130. The van der Waals surface area contributed by atoms with Crippen molar-refractivity contribution in [2.24, 2.45) is 0 Å². The van der Waals surface area contributed by atoms with Gasteiger partial charge in [0.1, 0.15) is 0 Å². The van der Waals surface area contributed by atoms with Crippen molar-refractivity contribution in [2.75, 3.05) is 33.4 Å². The Kier molecular flexibility index (Phi) is 6.78. The molecule has 1 fully saturated rings. The molecule has 0 bridgehead atoms. The van der Waals surface area contributed by atoms with E-state index in [4.69, 9.17) is 16.3 Å². The summed E-state index contributed by atoms with van der Waals surface area (Å²) < 4.78 is 6.30. The Morgan fingerprint density at radius 3 is 3.00 bits per heavy atom. The maximum Gasteiger partial charge on any atom is 0.0589 e. The van der Waals surface area contributed by atoms with Gasteiger partial charge in [-0.3, -0.25) is 4.90 Å². The quantitative estimate of drug-likeness (QED) is 0.806. The van der Waals surface area contributed by atoms with Crippen LogP contribution in [0, 0.1) is 0 Å². The maximum atomic E-state index is 6.00. The minimum Gasteiger partial charge on any atom is -0.383 e. The van der Waals surface area contributed by atoms with Gasteiger partial charge in [0.2, 0.25) is 0 Å². The molecule has 1 saturated heterocycles. The Bertz CT molecular complexity index is 424. The van der Waals surface area contributed by atoms with Crippen LogP contribution in [0.3, 0.4) is 0 Å². The summed E-state index contributed by atoms with van der Waals surface area (Å²) in [5.41, 5.74) is 1.27. The molecule has 1 aliphatic rings. The van der Waals surface area contributed by atoms with Crippen molar-refractivity contribution >= 4 is 27.5 Å². The van der Waals surface area contributed by atoms with Gasteiger partial charge in [-0.2, -0.15) is 0 Å². The Morgan fingerprint density at radius 1 is 1.50 bits per heavy atom. The molecule has 3 nitrogen and oxygen atoms in total. The van der Waals surface area contributed by atoms with Crippen LogP contribution in [0.4, 0.5) is 0 Å². The molecule has 0 spiro atoms. The van der Waals surface area contributed by atoms with Gasteiger partial charge < -0.3 is 10.1 Å². The number of methoxy groups -OCH3 is 1. The maximum absolute atomic E-state index is 6.00. The average Bonchev–Trinajstić information content (AvgIpc) is 2.92. The molecule has 1 atom stereocenters. The van der Waals surface area contributed by atoms with Crippen molar-refractivity contribution in [3.8, 4) is 0 Å². The van der Waals surface area contributed by atoms with Crippen molar-refractivity contribution in [1.82, 2.24) is 10.2 Å². The molecule has 0 aromatic heterocycles. The zero-order valence-electron chi connectivity index (χ0n) is 11.9. The van der Waals surface area contributed by atoms with Crippen LogP contribution in [-0.4, -0.2) is 44.3 Å². The first kappa shape index (κ1) is 16.2. The molecule has 1 aliphatic heterocycles. The van der Waals surface area contributed by atoms with E-state index >= 15 is 0 Å². The first-order valence-corrected chi connectivity index (χ1v) is 8.24. The van der Waals surface area contributed by atoms with E-state index in [0.717, 1.165) is 42.3 Å². The molecular weight excluding hydrogens is 340 g/mol. The Labute approximate surface area is 134 Å². The number of hydrogen-bond donors (Lipinski definition) is 1. The fraction of sp³-hybridized carbons (Fsp3) is 0.600. The lowest BCUT2D eigenvalue weighted by atomic mass is 10.1. The first-order chi connectivity index (χ1) is 9.69. The number of nitrogens with zero attached hydrogens (tertiary/aromatic N) is 1. The summed E-state index contributed by atoms with van der Waals surface area (Å²) in [6.07, 6.45) is 2.55. The smallest absolute Gasteiger partial charge is 0.0589 e. The Balaban J connectivity index is 1.97. The summed E-state index contributed by atoms with van der Waals surface area (Å²) in [5, 5.41) is 4.32. The van der Waals surface area contributed by atoms with Crippen LogP contribution < -0.4 is 5.32 Å². The summed E-state index contributed by atoms with van der Waals surface area (Å²) in [4.78, 5) is 2.44. The molecule has 112 valence electrons. The van der Waals surface area contributed by atoms with Gasteiger partial charge in [0.05, 0.1) is 6.61 Å². The number of nitrogens with one attached hydrogen (secondary N) is 1. The lowest BCUT2D eigenvalue weighted by Crippen LogP contribution is -2.38. The molecule has 0 aliphatic carbocycles. The van der Waals surface area contributed by atoms with Crippen LogP contribution in [0.25, 0.3) is 0 Å². The highest BCUT2D eigenvalue weighted by Crippen LogP contribution is 2.23. The molecule has 1 heterocycles. The van der Waals surface area contributed by atoms with Crippen LogP contribution in [0.15, 0.2) is 22.7 Å². The third kappa shape index (κ3) is 5.01. The monoisotopic (exact) mass is 360 g/mol. The fourth-order valence-corrected chi connectivity index (χ4v) is 3.38. The molecule has 1 unspecified atom stereocenters. The number of benzene rings is 1. The van der Waals surface area contributed by atoms with E-state index in [1.807, 2.05) is 12.1 Å². The summed E-state index contributed by atoms with van der Waals surface area (Å²) in [5.74, 6) is 0. The predicted molar refractivity (Wildman–Crippen MR) is 87.3 cm³/mol. The van der Waals surface area contributed by atoms with Crippen LogP contribution in [-0.2, 0) is 11.3 Å². The van der Waals surface area contributed by atoms with Gasteiger partial charge >= 0.3 is 0 Å². The van der Waals surface area contributed by atoms with Gasteiger partial charge in [0, 0.05) is 42.3 Å². The standard InChI is InChI=1S/C15H22BrClN2O/c1-20-8-7-19(11-14-3-2-6-18-14)10-12-4-5-13(17)9-15(12)16/h4-5,9,14,18H,2-3,6-8,10-11H2,1H3. The second kappa shape index (κ2) is 8.35. The zero-order chi connectivity index (χ0) is 14.4. The highest BCUT2D eigenvalue weighted by atomic mass is 79.9. The summed E-state index contributed by atoms with van der Waals surface area (Å²) >= 11 is 9.60. The lowest BCUT2D eigenvalue weighted by Gasteiger charge is -2.26. The van der Waals surface area contributed by atoms with Crippen LogP contribution in [0.5, 0.6) is 0 Å². The number of ether oxygens (including phenoxy) is 1. The van der Waals surface area contributed by atoms with E-state index in [1.165, 1.54) is 18.4 Å². The summed E-state index contributed by atoms with van der Waals surface area (Å²) in [6, 6.07) is 6.61. The molecule has 0 saturated carbocycles. The van der Waals surface area contributed by atoms with E-state index in [1.54, 1.807) is 7.11 Å². The molecule has 0 radical (unpaired) electrons. The highest BCUT2D eigenvalue weighted by molar-refractivity contribution is 9.10. The SMILES string of the molecule is COCCN(Cc1ccc(Cl)cc1Br)CC1CCCN1. The largest absolute Gasteiger partial charge is 0.383 e. The van der Waals surface area contributed by atoms with Crippen molar-refractivity contribution in [3.05, 3.63) is 33.3 Å². The summed E-state index contributed by atoms with van der Waals surface area (Å²) in [6.45, 7) is 4.84. The second-order valence-electron chi connectivity index (χ2n) is 5.26. The van der Waals surface area contributed by atoms with Crippen molar-refractivity contribution in [1.29, 1.82) is 0 Å². The molecule has 1 N–H and O–H groups in total. The van der Waals surface area contributed by atoms with Gasteiger partial charge in [0.25, 0.3) is 0 Å². The third-order valence-corrected chi connectivity index (χ3v) is 4.63. The molecular formula is C15H22BrClN2O. The van der Waals surface area contributed by atoms with E-state index in [0.29, 0.717) is 6.04 Å². The number of halogens is 2. The van der Waals surface area contributed by atoms with E-state index in [2.05, 4.69) is 32.2 Å². The van der Waals surface area contributed by atoms with E-state index in [9.17, 15) is 0 Å². The van der Waals surface area contributed by atoms with Gasteiger partial charge in [-0.15, -0.1) is 0 Å². The lowest BCUT2D eigenvalue weighted by molar-refractivity contribution is 0.138. The van der Waals surface area contributed by atoms with Crippen molar-refractivity contribution in [3.63, 3.8) is 0 Å². The predicted octanol–water partition coefficient (Wildman–Crippen LogP) is 3.30. The Morgan fingerprint density at radius 2 is 2.35 bits per heavy atom. The topological polar surface area (TPSA) is 24.5 Å². The molecule has 20 heavy (non-hydrogen) atoms. The second-order valence-corrected chi connectivity index (χ2v) is 6.55. The highest BCUT2D eigenvalue weighted by Gasteiger charge is 2.18. The van der Waals surface area contributed by atoms with Crippen LogP contribution in [0.1, 0.15) is 18.4 Å². The van der Waals surface area contributed by atoms with E-state index in [-0.39, 0.29) is 0 Å². The van der Waals surface area contributed by atoms with Crippen molar-refractivity contribution in [2.45, 2.75) is 25.4 Å². The third-order valence-electron chi connectivity index (χ3n) is 3.66. The van der Waals surface area contributed by atoms with Gasteiger partial charge in [-0.25, -0.2) is 0 Å². The average molecular weight is 362 g/mol. The van der Waals surface area contributed by atoms with Gasteiger partial charge in [-0.05, 0) is 37.1 Å². The van der Waals surface area contributed by atoms with Gasteiger partial charge in [-0.1, -0.05) is 33.6 Å². The first-order valence-electron chi connectivity index (χ1n) is 7.07. The molecule has 1 aromatic rings. The van der Waals surface area contributed by atoms with Crippen molar-refractivity contribution < 1.29 is 4.74 Å². The number of hydrogen-bond acceptors (Lipinski definition) is 3. The van der Waals surface area contributed by atoms with Gasteiger partial charge in [0.15, 0.2) is 0 Å². The fourth-order valence-electron chi connectivity index (χ4n) is 2.57. The van der Waals surface area contributed by atoms with Crippen LogP contribution in [0.2, 0.25) is 5.02 Å².